The van der Waals surface area contributed by atoms with Gasteiger partial charge in [0.2, 0.25) is 11.8 Å². The van der Waals surface area contributed by atoms with Crippen LogP contribution < -0.4 is 10.1 Å². The third kappa shape index (κ3) is 4.24. The Bertz CT molecular complexity index is 580. The van der Waals surface area contributed by atoms with Crippen LogP contribution in [0.15, 0.2) is 18.2 Å². The van der Waals surface area contributed by atoms with Gasteiger partial charge in [0.05, 0.1) is 6.61 Å². The van der Waals surface area contributed by atoms with E-state index in [-0.39, 0.29) is 11.8 Å². The van der Waals surface area contributed by atoms with E-state index in [1.165, 1.54) is 6.42 Å². The van der Waals surface area contributed by atoms with Crippen molar-refractivity contribution in [3.05, 3.63) is 23.8 Å². The minimum atomic E-state index is 0.0717. The number of hydrogen-bond donors (Lipinski definition) is 1. The second-order valence-electron chi connectivity index (χ2n) is 6.26. The first-order chi connectivity index (χ1) is 11.2. The molecule has 124 valence electrons. The number of hydrogen-bond acceptors (Lipinski definition) is 3. The molecule has 5 heteroatoms. The minimum absolute atomic E-state index is 0.0717. The molecule has 0 aliphatic carbocycles. The minimum Gasteiger partial charge on any atom is -0.494 e. The molecule has 2 aliphatic heterocycles. The van der Waals surface area contributed by atoms with Gasteiger partial charge in [-0.3, -0.25) is 9.59 Å². The first-order valence-electron chi connectivity index (χ1n) is 8.56. The maximum absolute atomic E-state index is 12.1. The van der Waals surface area contributed by atoms with E-state index in [0.717, 1.165) is 55.8 Å². The summed E-state index contributed by atoms with van der Waals surface area (Å²) in [4.78, 5) is 25.4. The summed E-state index contributed by atoms with van der Waals surface area (Å²) in [5, 5.41) is 2.86. The standard InChI is InChI=1S/C18H24N2O3/c21-17-9-6-14-13-15(7-8-16(14)19-17)23-12-4-5-18(22)20-10-2-1-3-11-20/h7-8,13H,1-6,9-12H2,(H,19,21). The average Bonchev–Trinajstić information content (AvgIpc) is 2.59. The van der Waals surface area contributed by atoms with Gasteiger partial charge < -0.3 is 15.0 Å². The zero-order valence-electron chi connectivity index (χ0n) is 13.5. The Morgan fingerprint density at radius 3 is 2.83 bits per heavy atom. The number of aryl methyl sites for hydroxylation is 1. The van der Waals surface area contributed by atoms with Gasteiger partial charge in [0, 0.05) is 31.6 Å². The van der Waals surface area contributed by atoms with Gasteiger partial charge in [-0.05, 0) is 55.9 Å². The van der Waals surface area contributed by atoms with Crippen molar-refractivity contribution in [2.45, 2.75) is 44.9 Å². The molecule has 0 aromatic heterocycles. The molecule has 23 heavy (non-hydrogen) atoms. The molecular formula is C18H24N2O3. The molecule has 0 atom stereocenters. The number of carbonyl (C=O) groups excluding carboxylic acids is 2. The van der Waals surface area contributed by atoms with Gasteiger partial charge in [-0.15, -0.1) is 0 Å². The van der Waals surface area contributed by atoms with Crippen molar-refractivity contribution < 1.29 is 14.3 Å². The number of fused-ring (bicyclic) bond motifs is 1. The summed E-state index contributed by atoms with van der Waals surface area (Å²) in [6, 6.07) is 5.75. The predicted molar refractivity (Wildman–Crippen MR) is 88.6 cm³/mol. The summed E-state index contributed by atoms with van der Waals surface area (Å²) in [6.45, 7) is 2.37. The molecule has 1 aromatic rings. The third-order valence-electron chi connectivity index (χ3n) is 4.48. The van der Waals surface area contributed by atoms with Crippen molar-refractivity contribution in [3.8, 4) is 5.75 Å². The van der Waals surface area contributed by atoms with Crippen LogP contribution in [0, 0.1) is 0 Å². The van der Waals surface area contributed by atoms with Crippen molar-refractivity contribution in [3.63, 3.8) is 0 Å². The molecule has 3 rings (SSSR count). The van der Waals surface area contributed by atoms with E-state index in [2.05, 4.69) is 5.32 Å². The Hall–Kier alpha value is -2.04. The first kappa shape index (κ1) is 15.8. The normalized spacial score (nSPS) is 17.4. The number of piperidine rings is 1. The van der Waals surface area contributed by atoms with Gasteiger partial charge in [0.1, 0.15) is 5.75 Å². The van der Waals surface area contributed by atoms with Gasteiger partial charge in [-0.25, -0.2) is 0 Å². The number of anilines is 1. The molecule has 0 unspecified atom stereocenters. The fourth-order valence-corrected chi connectivity index (χ4v) is 3.16. The Balaban J connectivity index is 1.42. The van der Waals surface area contributed by atoms with Crippen LogP contribution in [0.3, 0.4) is 0 Å². The fourth-order valence-electron chi connectivity index (χ4n) is 3.16. The summed E-state index contributed by atoms with van der Waals surface area (Å²) in [7, 11) is 0. The first-order valence-corrected chi connectivity index (χ1v) is 8.56. The van der Waals surface area contributed by atoms with E-state index in [1.54, 1.807) is 0 Å². The van der Waals surface area contributed by atoms with Crippen LogP contribution >= 0.6 is 0 Å². The highest BCUT2D eigenvalue weighted by molar-refractivity contribution is 5.94. The van der Waals surface area contributed by atoms with Crippen molar-refractivity contribution >= 4 is 17.5 Å². The van der Waals surface area contributed by atoms with Crippen LogP contribution in [-0.2, 0) is 16.0 Å². The lowest BCUT2D eigenvalue weighted by Crippen LogP contribution is -2.35. The number of rotatable bonds is 5. The quantitative estimate of drug-likeness (QED) is 0.850. The Morgan fingerprint density at radius 1 is 1.17 bits per heavy atom. The average molecular weight is 316 g/mol. The zero-order valence-corrected chi connectivity index (χ0v) is 13.5. The molecule has 2 aliphatic rings. The zero-order chi connectivity index (χ0) is 16.1. The highest BCUT2D eigenvalue weighted by Crippen LogP contribution is 2.26. The molecule has 2 amide bonds. The van der Waals surface area contributed by atoms with E-state index < -0.39 is 0 Å². The van der Waals surface area contributed by atoms with Gasteiger partial charge in [-0.2, -0.15) is 0 Å². The summed E-state index contributed by atoms with van der Waals surface area (Å²) >= 11 is 0. The van der Waals surface area contributed by atoms with Gasteiger partial charge in [-0.1, -0.05) is 0 Å². The number of ether oxygens (including phenoxy) is 1. The summed E-state index contributed by atoms with van der Waals surface area (Å²) < 4.78 is 5.75. The molecule has 1 aromatic carbocycles. The maximum atomic E-state index is 12.1. The molecule has 0 spiro atoms. The number of benzene rings is 1. The maximum Gasteiger partial charge on any atom is 0.224 e. The smallest absolute Gasteiger partial charge is 0.224 e. The van der Waals surface area contributed by atoms with E-state index >= 15 is 0 Å². The van der Waals surface area contributed by atoms with E-state index in [1.807, 2.05) is 23.1 Å². The molecule has 2 heterocycles. The second kappa shape index (κ2) is 7.49. The molecule has 0 bridgehead atoms. The van der Waals surface area contributed by atoms with E-state index in [4.69, 9.17) is 4.74 Å². The number of nitrogens with zero attached hydrogens (tertiary/aromatic N) is 1. The van der Waals surface area contributed by atoms with Crippen LogP contribution in [0.4, 0.5) is 5.69 Å². The third-order valence-corrected chi connectivity index (χ3v) is 4.48. The predicted octanol–water partition coefficient (Wildman–Crippen LogP) is 2.74. The fraction of sp³-hybridized carbons (Fsp3) is 0.556. The SMILES string of the molecule is O=C1CCc2cc(OCCCC(=O)N3CCCCC3)ccc2N1. The molecule has 1 saturated heterocycles. The van der Waals surface area contributed by atoms with Crippen molar-refractivity contribution in [2.24, 2.45) is 0 Å². The van der Waals surface area contributed by atoms with Crippen LogP contribution in [0.5, 0.6) is 5.75 Å². The number of likely N-dealkylation sites (tertiary alicyclic amines) is 1. The lowest BCUT2D eigenvalue weighted by molar-refractivity contribution is -0.132. The van der Waals surface area contributed by atoms with Gasteiger partial charge >= 0.3 is 0 Å². The highest BCUT2D eigenvalue weighted by atomic mass is 16.5. The number of carbonyl (C=O) groups is 2. The highest BCUT2D eigenvalue weighted by Gasteiger charge is 2.16. The van der Waals surface area contributed by atoms with Crippen molar-refractivity contribution in [1.82, 2.24) is 4.90 Å². The topological polar surface area (TPSA) is 58.6 Å². The molecular weight excluding hydrogens is 292 g/mol. The van der Waals surface area contributed by atoms with E-state index in [0.29, 0.717) is 19.4 Å². The molecule has 1 N–H and O–H groups in total. The second-order valence-corrected chi connectivity index (χ2v) is 6.26. The van der Waals surface area contributed by atoms with Gasteiger partial charge in [0.25, 0.3) is 0 Å². The summed E-state index contributed by atoms with van der Waals surface area (Å²) in [6.07, 6.45) is 6.09. The molecule has 1 fully saturated rings. The number of amides is 2. The van der Waals surface area contributed by atoms with E-state index in [9.17, 15) is 9.59 Å². The summed E-state index contributed by atoms with van der Waals surface area (Å²) in [5.74, 6) is 1.13. The Kier molecular flexibility index (Phi) is 5.16. The largest absolute Gasteiger partial charge is 0.494 e. The van der Waals surface area contributed by atoms with Gasteiger partial charge in [0.15, 0.2) is 0 Å². The Morgan fingerprint density at radius 2 is 2.00 bits per heavy atom. The number of nitrogens with one attached hydrogen (secondary N) is 1. The monoisotopic (exact) mass is 316 g/mol. The van der Waals surface area contributed by atoms with Crippen molar-refractivity contribution in [2.75, 3.05) is 25.0 Å². The lowest BCUT2D eigenvalue weighted by atomic mass is 10.0. The molecule has 0 saturated carbocycles. The lowest BCUT2D eigenvalue weighted by Gasteiger charge is -2.26. The van der Waals surface area contributed by atoms with Crippen LogP contribution in [0.1, 0.15) is 44.1 Å². The van der Waals surface area contributed by atoms with Crippen molar-refractivity contribution in [1.29, 1.82) is 0 Å². The van der Waals surface area contributed by atoms with Crippen LogP contribution in [0.2, 0.25) is 0 Å². The Labute approximate surface area is 137 Å². The summed E-state index contributed by atoms with van der Waals surface area (Å²) in [5.41, 5.74) is 2.00. The van der Waals surface area contributed by atoms with Crippen LogP contribution in [0.25, 0.3) is 0 Å². The van der Waals surface area contributed by atoms with Crippen LogP contribution in [-0.4, -0.2) is 36.4 Å². The molecule has 0 radical (unpaired) electrons. The molecule has 5 nitrogen and oxygen atoms in total.